The van der Waals surface area contributed by atoms with Gasteiger partial charge in [-0.25, -0.2) is 8.42 Å². The van der Waals surface area contributed by atoms with Crippen LogP contribution in [0.3, 0.4) is 0 Å². The first-order valence-electron chi connectivity index (χ1n) is 10.1. The molecule has 1 aromatic carbocycles. The lowest BCUT2D eigenvalue weighted by atomic mass is 9.93. The van der Waals surface area contributed by atoms with Gasteiger partial charge in [-0.05, 0) is 62.4 Å². The van der Waals surface area contributed by atoms with E-state index >= 15 is 0 Å². The van der Waals surface area contributed by atoms with Crippen LogP contribution in [0.5, 0.6) is 0 Å². The van der Waals surface area contributed by atoms with Gasteiger partial charge < -0.3 is 0 Å². The molecule has 0 aliphatic carbocycles. The van der Waals surface area contributed by atoms with Crippen LogP contribution in [0, 0.1) is 13.8 Å². The summed E-state index contributed by atoms with van der Waals surface area (Å²) >= 11 is 6.06. The Balaban J connectivity index is 1.40. The number of aromatic nitrogens is 3. The summed E-state index contributed by atoms with van der Waals surface area (Å²) in [5.74, 6) is 0.267. The number of H-pyrrole nitrogens is 1. The molecule has 8 heteroatoms. The van der Waals surface area contributed by atoms with Gasteiger partial charge in [-0.3, -0.25) is 10.1 Å². The highest BCUT2D eigenvalue weighted by atomic mass is 35.5. The molecule has 30 heavy (non-hydrogen) atoms. The van der Waals surface area contributed by atoms with E-state index < -0.39 is 10.0 Å². The van der Waals surface area contributed by atoms with Gasteiger partial charge in [0.1, 0.15) is 4.90 Å². The van der Waals surface area contributed by atoms with Crippen LogP contribution in [0.1, 0.15) is 47.0 Å². The standard InChI is InChI=1S/C22H25ClN4O2S/c1-15-22(16(2)26-25-15)30(28,29)27-10-8-19(9-11-27)21-7-6-18(14-24-21)12-17-4-3-5-20(23)13-17/h3-7,13-14,19H,8-12H2,1-2H3,(H,25,26). The molecule has 0 atom stereocenters. The van der Waals surface area contributed by atoms with Gasteiger partial charge in [0, 0.05) is 35.9 Å². The van der Waals surface area contributed by atoms with Crippen molar-refractivity contribution in [3.63, 3.8) is 0 Å². The molecule has 3 aromatic rings. The summed E-state index contributed by atoms with van der Waals surface area (Å²) in [4.78, 5) is 4.98. The molecular formula is C22H25ClN4O2S. The molecule has 1 N–H and O–H groups in total. The smallest absolute Gasteiger partial charge is 0.246 e. The van der Waals surface area contributed by atoms with E-state index in [1.165, 1.54) is 0 Å². The number of nitrogens with one attached hydrogen (secondary N) is 1. The fourth-order valence-corrected chi connectivity index (χ4v) is 6.12. The van der Waals surface area contributed by atoms with E-state index in [1.54, 1.807) is 18.2 Å². The Hall–Kier alpha value is -2.22. The van der Waals surface area contributed by atoms with Gasteiger partial charge in [-0.2, -0.15) is 9.40 Å². The normalized spacial score (nSPS) is 16.1. The Morgan fingerprint density at radius 2 is 1.90 bits per heavy atom. The van der Waals surface area contributed by atoms with Gasteiger partial charge in [0.05, 0.1) is 11.4 Å². The summed E-state index contributed by atoms with van der Waals surface area (Å²) in [5.41, 5.74) is 4.42. The molecule has 1 fully saturated rings. The molecule has 0 saturated carbocycles. The maximum atomic E-state index is 13.0. The van der Waals surface area contributed by atoms with Crippen LogP contribution in [-0.4, -0.2) is 41.0 Å². The number of pyridine rings is 1. The van der Waals surface area contributed by atoms with Crippen molar-refractivity contribution >= 4 is 21.6 Å². The fourth-order valence-electron chi connectivity index (χ4n) is 4.11. The first-order chi connectivity index (χ1) is 14.3. The molecule has 0 bridgehead atoms. The van der Waals surface area contributed by atoms with E-state index in [1.807, 2.05) is 24.4 Å². The average Bonchev–Trinajstić information content (AvgIpc) is 3.07. The van der Waals surface area contributed by atoms with Gasteiger partial charge in [-0.15, -0.1) is 0 Å². The second kappa shape index (κ2) is 8.49. The maximum absolute atomic E-state index is 13.0. The number of sulfonamides is 1. The second-order valence-electron chi connectivity index (χ2n) is 7.84. The van der Waals surface area contributed by atoms with Crippen molar-refractivity contribution in [3.8, 4) is 0 Å². The minimum Gasteiger partial charge on any atom is -0.281 e. The first-order valence-corrected chi connectivity index (χ1v) is 11.9. The molecule has 1 saturated heterocycles. The Morgan fingerprint density at radius 1 is 1.13 bits per heavy atom. The van der Waals surface area contributed by atoms with Gasteiger partial charge in [0.25, 0.3) is 0 Å². The van der Waals surface area contributed by atoms with E-state index in [9.17, 15) is 8.42 Å². The number of nitrogens with zero attached hydrogens (tertiary/aromatic N) is 3. The summed E-state index contributed by atoms with van der Waals surface area (Å²) in [7, 11) is -3.52. The second-order valence-corrected chi connectivity index (χ2v) is 10.2. The lowest BCUT2D eigenvalue weighted by Gasteiger charge is -2.31. The Kier molecular flexibility index (Phi) is 5.95. The monoisotopic (exact) mass is 444 g/mol. The first kappa shape index (κ1) is 21.0. The molecule has 158 valence electrons. The highest BCUT2D eigenvalue weighted by molar-refractivity contribution is 7.89. The summed E-state index contributed by atoms with van der Waals surface area (Å²) in [5, 5.41) is 7.54. The van der Waals surface area contributed by atoms with E-state index in [0.717, 1.165) is 41.1 Å². The highest BCUT2D eigenvalue weighted by Gasteiger charge is 2.33. The lowest BCUT2D eigenvalue weighted by Crippen LogP contribution is -2.38. The van der Waals surface area contributed by atoms with Crippen LogP contribution in [0.4, 0.5) is 0 Å². The Bertz CT molecular complexity index is 1110. The number of aromatic amines is 1. The summed E-state index contributed by atoms with van der Waals surface area (Å²) < 4.78 is 27.6. The number of piperidine rings is 1. The molecule has 3 heterocycles. The quantitative estimate of drug-likeness (QED) is 0.638. The highest BCUT2D eigenvalue weighted by Crippen LogP contribution is 2.31. The molecule has 2 aromatic heterocycles. The molecule has 0 unspecified atom stereocenters. The molecule has 1 aliphatic heterocycles. The third-order valence-corrected chi connectivity index (χ3v) is 8.07. The van der Waals surface area contributed by atoms with Crippen molar-refractivity contribution in [2.75, 3.05) is 13.1 Å². The molecule has 0 spiro atoms. The van der Waals surface area contributed by atoms with E-state index in [2.05, 4.69) is 33.4 Å². The predicted molar refractivity (Wildman–Crippen MR) is 117 cm³/mol. The topological polar surface area (TPSA) is 79.0 Å². The van der Waals surface area contributed by atoms with Gasteiger partial charge in [-0.1, -0.05) is 29.8 Å². The minimum atomic E-state index is -3.52. The number of hydrogen-bond donors (Lipinski definition) is 1. The number of benzene rings is 1. The van der Waals surface area contributed by atoms with Crippen molar-refractivity contribution in [2.45, 2.75) is 43.9 Å². The van der Waals surface area contributed by atoms with E-state index in [4.69, 9.17) is 11.6 Å². The molecule has 6 nitrogen and oxygen atoms in total. The molecule has 1 aliphatic rings. The van der Waals surface area contributed by atoms with Crippen molar-refractivity contribution in [1.82, 2.24) is 19.5 Å². The average molecular weight is 445 g/mol. The Morgan fingerprint density at radius 3 is 2.50 bits per heavy atom. The number of halogens is 1. The van der Waals surface area contributed by atoms with Gasteiger partial charge >= 0.3 is 0 Å². The third-order valence-electron chi connectivity index (χ3n) is 5.68. The maximum Gasteiger partial charge on any atom is 0.246 e. The number of hydrogen-bond acceptors (Lipinski definition) is 4. The van der Waals surface area contributed by atoms with Crippen LogP contribution >= 0.6 is 11.6 Å². The number of aryl methyl sites for hydroxylation is 2. The molecule has 4 rings (SSSR count). The van der Waals surface area contributed by atoms with Crippen LogP contribution in [0.15, 0.2) is 47.5 Å². The van der Waals surface area contributed by atoms with Crippen LogP contribution in [0.25, 0.3) is 0 Å². The van der Waals surface area contributed by atoms with Crippen LogP contribution < -0.4 is 0 Å². The largest absolute Gasteiger partial charge is 0.281 e. The summed E-state index contributed by atoms with van der Waals surface area (Å²) in [6.07, 6.45) is 4.22. The lowest BCUT2D eigenvalue weighted by molar-refractivity contribution is 0.316. The van der Waals surface area contributed by atoms with Gasteiger partial charge in [0.2, 0.25) is 10.0 Å². The molecule has 0 radical (unpaired) electrons. The van der Waals surface area contributed by atoms with Crippen molar-refractivity contribution in [1.29, 1.82) is 0 Å². The van der Waals surface area contributed by atoms with Crippen LogP contribution in [0.2, 0.25) is 5.02 Å². The minimum absolute atomic E-state index is 0.267. The van der Waals surface area contributed by atoms with Crippen molar-refractivity contribution in [2.24, 2.45) is 0 Å². The predicted octanol–water partition coefficient (Wildman–Crippen LogP) is 4.23. The summed E-state index contributed by atoms with van der Waals surface area (Å²) in [6, 6.07) is 12.0. The van der Waals surface area contributed by atoms with E-state index in [0.29, 0.717) is 29.4 Å². The third kappa shape index (κ3) is 4.29. The fraction of sp³-hybridized carbons (Fsp3) is 0.364. The van der Waals surface area contributed by atoms with E-state index in [-0.39, 0.29) is 5.92 Å². The zero-order valence-electron chi connectivity index (χ0n) is 17.1. The summed E-state index contributed by atoms with van der Waals surface area (Å²) in [6.45, 7) is 4.44. The molecular weight excluding hydrogens is 420 g/mol. The molecule has 0 amide bonds. The van der Waals surface area contributed by atoms with Crippen LogP contribution in [-0.2, 0) is 16.4 Å². The number of rotatable bonds is 5. The van der Waals surface area contributed by atoms with Crippen molar-refractivity contribution in [3.05, 3.63) is 75.8 Å². The zero-order valence-corrected chi connectivity index (χ0v) is 18.7. The SMILES string of the molecule is Cc1n[nH]c(C)c1S(=O)(=O)N1CCC(c2ccc(Cc3cccc(Cl)c3)cn2)CC1. The van der Waals surface area contributed by atoms with Crippen molar-refractivity contribution < 1.29 is 8.42 Å². The van der Waals surface area contributed by atoms with Gasteiger partial charge in [0.15, 0.2) is 0 Å². The zero-order chi connectivity index (χ0) is 21.3. The Labute approximate surface area is 182 Å².